The summed E-state index contributed by atoms with van der Waals surface area (Å²) in [5, 5.41) is 0. The van der Waals surface area contributed by atoms with Gasteiger partial charge in [0.05, 0.1) is 4.90 Å². The van der Waals surface area contributed by atoms with Crippen molar-refractivity contribution in [2.45, 2.75) is 25.7 Å². The van der Waals surface area contributed by atoms with Crippen LogP contribution in [0, 0.1) is 5.41 Å². The molecular formula is C13H20Br2N2O2S. The summed E-state index contributed by atoms with van der Waals surface area (Å²) in [5.74, 6) is 0. The predicted molar refractivity (Wildman–Crippen MR) is 89.1 cm³/mol. The van der Waals surface area contributed by atoms with Crippen molar-refractivity contribution >= 4 is 41.9 Å². The van der Waals surface area contributed by atoms with Gasteiger partial charge in [-0.05, 0) is 46.1 Å². The highest BCUT2D eigenvalue weighted by molar-refractivity contribution is 9.11. The lowest BCUT2D eigenvalue weighted by Gasteiger charge is -2.30. The monoisotopic (exact) mass is 426 g/mol. The molecule has 0 saturated heterocycles. The van der Waals surface area contributed by atoms with Crippen molar-refractivity contribution in [2.24, 2.45) is 11.1 Å². The molecule has 0 unspecified atom stereocenters. The van der Waals surface area contributed by atoms with E-state index in [-0.39, 0.29) is 10.3 Å². The third kappa shape index (κ3) is 4.27. The number of nitrogens with two attached hydrogens (primary N) is 1. The predicted octanol–water partition coefficient (Wildman–Crippen LogP) is 3.21. The van der Waals surface area contributed by atoms with Crippen molar-refractivity contribution in [1.29, 1.82) is 0 Å². The normalized spacial score (nSPS) is 12.9. The van der Waals surface area contributed by atoms with Crippen LogP contribution in [0.1, 0.15) is 20.8 Å². The summed E-state index contributed by atoms with van der Waals surface area (Å²) in [7, 11) is -3.53. The van der Waals surface area contributed by atoms with E-state index in [0.29, 0.717) is 24.1 Å². The zero-order valence-corrected chi connectivity index (χ0v) is 15.8. The van der Waals surface area contributed by atoms with Crippen LogP contribution < -0.4 is 5.73 Å². The van der Waals surface area contributed by atoms with Crippen LogP contribution in [-0.4, -0.2) is 32.4 Å². The van der Waals surface area contributed by atoms with Gasteiger partial charge < -0.3 is 5.73 Å². The molecule has 0 atom stereocenters. The van der Waals surface area contributed by atoms with E-state index in [2.05, 4.69) is 31.9 Å². The highest BCUT2D eigenvalue weighted by Gasteiger charge is 2.30. The molecule has 0 aliphatic heterocycles. The largest absolute Gasteiger partial charge is 0.330 e. The van der Waals surface area contributed by atoms with Crippen LogP contribution in [0.3, 0.4) is 0 Å². The van der Waals surface area contributed by atoms with E-state index in [9.17, 15) is 8.42 Å². The average molecular weight is 428 g/mol. The Kier molecular flexibility index (Phi) is 6.22. The Labute approximate surface area is 138 Å². The van der Waals surface area contributed by atoms with Gasteiger partial charge in [0.25, 0.3) is 0 Å². The topological polar surface area (TPSA) is 63.4 Å². The van der Waals surface area contributed by atoms with E-state index in [1.54, 1.807) is 18.2 Å². The van der Waals surface area contributed by atoms with Gasteiger partial charge in [-0.25, -0.2) is 8.42 Å². The molecule has 0 bridgehead atoms. The van der Waals surface area contributed by atoms with Gasteiger partial charge >= 0.3 is 0 Å². The minimum absolute atomic E-state index is 0.259. The van der Waals surface area contributed by atoms with Crippen LogP contribution in [0.5, 0.6) is 0 Å². The Morgan fingerprint density at radius 3 is 2.35 bits per heavy atom. The van der Waals surface area contributed by atoms with Crippen LogP contribution in [0.25, 0.3) is 0 Å². The average Bonchev–Trinajstić information content (AvgIpc) is 2.35. The van der Waals surface area contributed by atoms with Crippen molar-refractivity contribution in [3.8, 4) is 0 Å². The van der Waals surface area contributed by atoms with Crippen molar-refractivity contribution in [2.75, 3.05) is 19.6 Å². The third-order valence-corrected chi connectivity index (χ3v) is 6.41. The van der Waals surface area contributed by atoms with E-state index in [0.717, 1.165) is 4.47 Å². The van der Waals surface area contributed by atoms with Crippen molar-refractivity contribution < 1.29 is 8.42 Å². The van der Waals surface area contributed by atoms with Crippen molar-refractivity contribution in [3.05, 3.63) is 27.1 Å². The van der Waals surface area contributed by atoms with Crippen LogP contribution in [-0.2, 0) is 10.0 Å². The summed E-state index contributed by atoms with van der Waals surface area (Å²) in [6.07, 6.45) is 0. The third-order valence-electron chi connectivity index (χ3n) is 3.02. The number of benzene rings is 1. The molecule has 2 N–H and O–H groups in total. The molecule has 0 saturated carbocycles. The minimum atomic E-state index is -3.53. The summed E-state index contributed by atoms with van der Waals surface area (Å²) in [4.78, 5) is 0.273. The lowest BCUT2D eigenvalue weighted by molar-refractivity contribution is 0.273. The smallest absolute Gasteiger partial charge is 0.244 e. The molecule has 0 radical (unpaired) electrons. The molecule has 0 heterocycles. The molecule has 0 spiro atoms. The van der Waals surface area contributed by atoms with E-state index in [1.807, 2.05) is 20.8 Å². The zero-order valence-electron chi connectivity index (χ0n) is 11.9. The fourth-order valence-electron chi connectivity index (χ4n) is 1.73. The molecule has 0 amide bonds. The maximum absolute atomic E-state index is 12.7. The lowest BCUT2D eigenvalue weighted by Crippen LogP contribution is -2.42. The highest BCUT2D eigenvalue weighted by atomic mass is 79.9. The molecule has 20 heavy (non-hydrogen) atoms. The van der Waals surface area contributed by atoms with Crippen LogP contribution in [0.4, 0.5) is 0 Å². The maximum atomic E-state index is 12.7. The second kappa shape index (κ2) is 6.87. The summed E-state index contributed by atoms with van der Waals surface area (Å²) in [5.41, 5.74) is 5.45. The fraction of sp³-hybridized carbons (Fsp3) is 0.538. The molecule has 4 nitrogen and oxygen atoms in total. The van der Waals surface area contributed by atoms with Gasteiger partial charge in [-0.15, -0.1) is 0 Å². The number of nitrogens with zero attached hydrogens (tertiary/aromatic N) is 1. The van der Waals surface area contributed by atoms with Gasteiger partial charge in [0.15, 0.2) is 0 Å². The Morgan fingerprint density at radius 1 is 1.30 bits per heavy atom. The quantitative estimate of drug-likeness (QED) is 0.757. The highest BCUT2D eigenvalue weighted by Crippen LogP contribution is 2.29. The molecule has 1 aromatic carbocycles. The standard InChI is InChI=1S/C13H20Br2N2O2S/c1-4-17(9-13(2,3)8-16)20(18,19)12-6-5-10(14)7-11(12)15/h5-7H,4,8-9,16H2,1-3H3. The van der Waals surface area contributed by atoms with E-state index in [4.69, 9.17) is 5.73 Å². The summed E-state index contributed by atoms with van der Waals surface area (Å²) in [6, 6.07) is 5.05. The SMILES string of the molecule is CCN(CC(C)(C)CN)S(=O)(=O)c1ccc(Br)cc1Br. The van der Waals surface area contributed by atoms with Crippen molar-refractivity contribution in [3.63, 3.8) is 0 Å². The summed E-state index contributed by atoms with van der Waals surface area (Å²) < 4.78 is 28.3. The van der Waals surface area contributed by atoms with Gasteiger partial charge in [-0.2, -0.15) is 4.31 Å². The van der Waals surface area contributed by atoms with Gasteiger partial charge in [0, 0.05) is 22.0 Å². The molecule has 0 aliphatic rings. The second-order valence-corrected chi connectivity index (χ2v) is 9.05. The van der Waals surface area contributed by atoms with Gasteiger partial charge in [0.2, 0.25) is 10.0 Å². The number of hydrogen-bond acceptors (Lipinski definition) is 3. The van der Waals surface area contributed by atoms with E-state index < -0.39 is 10.0 Å². The van der Waals surface area contributed by atoms with Crippen molar-refractivity contribution in [1.82, 2.24) is 4.31 Å². The minimum Gasteiger partial charge on any atom is -0.330 e. The summed E-state index contributed by atoms with van der Waals surface area (Å²) >= 11 is 6.64. The molecule has 1 rings (SSSR count). The van der Waals surface area contributed by atoms with E-state index in [1.165, 1.54) is 4.31 Å². The Morgan fingerprint density at radius 2 is 1.90 bits per heavy atom. The van der Waals surface area contributed by atoms with Crippen LogP contribution in [0.15, 0.2) is 32.0 Å². The molecule has 1 aromatic rings. The van der Waals surface area contributed by atoms with Crippen LogP contribution >= 0.6 is 31.9 Å². The molecule has 114 valence electrons. The molecule has 0 aromatic heterocycles. The first kappa shape index (κ1) is 18.1. The molecular weight excluding hydrogens is 408 g/mol. The maximum Gasteiger partial charge on any atom is 0.244 e. The van der Waals surface area contributed by atoms with E-state index >= 15 is 0 Å². The first-order valence-electron chi connectivity index (χ1n) is 6.29. The van der Waals surface area contributed by atoms with Gasteiger partial charge in [-0.1, -0.05) is 36.7 Å². The zero-order chi connectivity index (χ0) is 15.6. The van der Waals surface area contributed by atoms with Crippen LogP contribution in [0.2, 0.25) is 0 Å². The number of halogens is 2. The summed E-state index contributed by atoms with van der Waals surface area (Å²) in [6.45, 7) is 6.99. The first-order valence-corrected chi connectivity index (χ1v) is 9.32. The number of rotatable bonds is 6. The van der Waals surface area contributed by atoms with Gasteiger partial charge in [-0.3, -0.25) is 0 Å². The Bertz CT molecular complexity index is 574. The molecule has 7 heteroatoms. The van der Waals surface area contributed by atoms with Gasteiger partial charge in [0.1, 0.15) is 0 Å². The number of sulfonamides is 1. The fourth-order valence-corrected chi connectivity index (χ4v) is 5.08. The number of hydrogen-bond donors (Lipinski definition) is 1. The molecule has 0 fully saturated rings. The Hall–Kier alpha value is 0.0500. The second-order valence-electron chi connectivity index (χ2n) is 5.37. The Balaban J connectivity index is 3.19. The molecule has 0 aliphatic carbocycles. The first-order chi connectivity index (χ1) is 9.14. The lowest BCUT2D eigenvalue weighted by atomic mass is 9.94.